The van der Waals surface area contributed by atoms with Gasteiger partial charge in [0, 0.05) is 13.1 Å². The molecule has 2 N–H and O–H groups in total. The molecule has 0 aromatic carbocycles. The molecule has 0 radical (unpaired) electrons. The zero-order valence-corrected chi connectivity index (χ0v) is 13.8. The highest BCUT2D eigenvalue weighted by molar-refractivity contribution is 5.82. The van der Waals surface area contributed by atoms with Crippen molar-refractivity contribution in [2.75, 3.05) is 19.7 Å². The molecule has 2 unspecified atom stereocenters. The molecular weight excluding hydrogens is 280 g/mol. The first-order valence-electron chi connectivity index (χ1n) is 8.82. The predicted octanol–water partition coefficient (Wildman–Crippen LogP) is 2.09. The third-order valence-corrected chi connectivity index (χ3v) is 4.98. The molecule has 0 bridgehead atoms. The second-order valence-electron chi connectivity index (χ2n) is 6.72. The first-order valence-corrected chi connectivity index (χ1v) is 8.82. The largest absolute Gasteiger partial charge is 0.466 e. The van der Waals surface area contributed by atoms with Crippen molar-refractivity contribution in [3.63, 3.8) is 0 Å². The molecule has 1 saturated heterocycles. The quantitative estimate of drug-likeness (QED) is 0.789. The van der Waals surface area contributed by atoms with Gasteiger partial charge in [0.15, 0.2) is 0 Å². The van der Waals surface area contributed by atoms with Crippen LogP contribution in [0.2, 0.25) is 0 Å². The molecular formula is C17H30N2O3. The van der Waals surface area contributed by atoms with E-state index >= 15 is 0 Å². The van der Waals surface area contributed by atoms with Crippen LogP contribution in [0.15, 0.2) is 0 Å². The highest BCUT2D eigenvalue weighted by Gasteiger charge is 2.32. The Morgan fingerprint density at radius 2 is 1.91 bits per heavy atom. The summed E-state index contributed by atoms with van der Waals surface area (Å²) in [5.41, 5.74) is 6.15. The third kappa shape index (κ3) is 4.70. The van der Waals surface area contributed by atoms with Crippen molar-refractivity contribution in [2.45, 2.75) is 64.3 Å². The highest BCUT2D eigenvalue weighted by Crippen LogP contribution is 2.28. The Bertz CT molecular complexity index is 380. The molecule has 5 nitrogen and oxygen atoms in total. The predicted molar refractivity (Wildman–Crippen MR) is 85.1 cm³/mol. The van der Waals surface area contributed by atoms with Gasteiger partial charge in [-0.2, -0.15) is 0 Å². The second kappa shape index (κ2) is 8.51. The van der Waals surface area contributed by atoms with Crippen molar-refractivity contribution >= 4 is 11.9 Å². The van der Waals surface area contributed by atoms with Gasteiger partial charge in [0.25, 0.3) is 0 Å². The number of likely N-dealkylation sites (tertiary alicyclic amines) is 1. The summed E-state index contributed by atoms with van der Waals surface area (Å²) in [6, 6.07) is -0.413. The molecule has 2 atom stereocenters. The van der Waals surface area contributed by atoms with Gasteiger partial charge in [-0.1, -0.05) is 32.1 Å². The number of esters is 1. The molecule has 0 aromatic heterocycles. The fourth-order valence-electron chi connectivity index (χ4n) is 3.75. The highest BCUT2D eigenvalue weighted by atomic mass is 16.5. The summed E-state index contributed by atoms with van der Waals surface area (Å²) in [6.45, 7) is 3.39. The van der Waals surface area contributed by atoms with Gasteiger partial charge in [0.1, 0.15) is 0 Å². The zero-order valence-electron chi connectivity index (χ0n) is 13.8. The molecule has 1 heterocycles. The van der Waals surface area contributed by atoms with Crippen LogP contribution in [0.4, 0.5) is 0 Å². The molecule has 2 fully saturated rings. The van der Waals surface area contributed by atoms with Crippen molar-refractivity contribution in [3.05, 3.63) is 0 Å². The van der Waals surface area contributed by atoms with Gasteiger partial charge < -0.3 is 15.4 Å². The van der Waals surface area contributed by atoms with E-state index in [9.17, 15) is 9.59 Å². The number of hydrogen-bond acceptors (Lipinski definition) is 4. The van der Waals surface area contributed by atoms with Crippen LogP contribution >= 0.6 is 0 Å². The maximum atomic E-state index is 12.5. The molecule has 1 amide bonds. The van der Waals surface area contributed by atoms with Crippen molar-refractivity contribution in [1.82, 2.24) is 4.90 Å². The number of ether oxygens (including phenoxy) is 1. The third-order valence-electron chi connectivity index (χ3n) is 4.98. The SMILES string of the molecule is CCOC(=O)C1CCCN(C(=O)C(N)CC2CCCCC2)C1. The normalized spacial score (nSPS) is 24.8. The van der Waals surface area contributed by atoms with Crippen LogP contribution in [0.25, 0.3) is 0 Å². The smallest absolute Gasteiger partial charge is 0.310 e. The fourth-order valence-corrected chi connectivity index (χ4v) is 3.75. The van der Waals surface area contributed by atoms with Gasteiger partial charge in [0.2, 0.25) is 5.91 Å². The van der Waals surface area contributed by atoms with Gasteiger partial charge in [-0.25, -0.2) is 0 Å². The van der Waals surface area contributed by atoms with Crippen LogP contribution in [-0.4, -0.2) is 42.5 Å². The average Bonchev–Trinajstić information content (AvgIpc) is 2.55. The molecule has 22 heavy (non-hydrogen) atoms. The summed E-state index contributed by atoms with van der Waals surface area (Å²) in [5, 5.41) is 0. The Balaban J connectivity index is 1.83. The van der Waals surface area contributed by atoms with E-state index < -0.39 is 6.04 Å². The number of carbonyl (C=O) groups is 2. The van der Waals surface area contributed by atoms with Crippen LogP contribution in [0, 0.1) is 11.8 Å². The Hall–Kier alpha value is -1.10. The number of rotatable bonds is 5. The molecule has 0 spiro atoms. The van der Waals surface area contributed by atoms with E-state index in [0.717, 1.165) is 19.3 Å². The molecule has 1 aliphatic heterocycles. The Morgan fingerprint density at radius 1 is 1.18 bits per heavy atom. The summed E-state index contributed by atoms with van der Waals surface area (Å²) < 4.78 is 5.08. The average molecular weight is 310 g/mol. The van der Waals surface area contributed by atoms with Crippen LogP contribution < -0.4 is 5.73 Å². The molecule has 126 valence electrons. The lowest BCUT2D eigenvalue weighted by Crippen LogP contribution is -2.50. The lowest BCUT2D eigenvalue weighted by molar-refractivity contribution is -0.151. The van der Waals surface area contributed by atoms with Gasteiger partial charge in [-0.05, 0) is 32.1 Å². The summed E-state index contributed by atoms with van der Waals surface area (Å²) in [4.78, 5) is 26.2. The summed E-state index contributed by atoms with van der Waals surface area (Å²) in [7, 11) is 0. The van der Waals surface area contributed by atoms with Gasteiger partial charge in [-0.3, -0.25) is 9.59 Å². The topological polar surface area (TPSA) is 72.6 Å². The molecule has 2 rings (SSSR count). The monoisotopic (exact) mass is 310 g/mol. The number of nitrogens with two attached hydrogens (primary N) is 1. The first-order chi connectivity index (χ1) is 10.6. The van der Waals surface area contributed by atoms with Crippen molar-refractivity contribution in [1.29, 1.82) is 0 Å². The fraction of sp³-hybridized carbons (Fsp3) is 0.882. The molecule has 1 saturated carbocycles. The van der Waals surface area contributed by atoms with Gasteiger partial charge in [0.05, 0.1) is 18.6 Å². The Morgan fingerprint density at radius 3 is 2.59 bits per heavy atom. The van der Waals surface area contributed by atoms with Crippen molar-refractivity contribution in [2.24, 2.45) is 17.6 Å². The summed E-state index contributed by atoms with van der Waals surface area (Å²) in [6.07, 6.45) is 8.69. The first kappa shape index (κ1) is 17.3. The minimum atomic E-state index is -0.413. The van der Waals surface area contributed by atoms with E-state index in [1.807, 2.05) is 6.92 Å². The van der Waals surface area contributed by atoms with Crippen molar-refractivity contribution in [3.8, 4) is 0 Å². The van der Waals surface area contributed by atoms with E-state index in [4.69, 9.17) is 10.5 Å². The minimum Gasteiger partial charge on any atom is -0.466 e. The van der Waals surface area contributed by atoms with E-state index in [1.165, 1.54) is 32.1 Å². The number of piperidine rings is 1. The van der Waals surface area contributed by atoms with E-state index in [-0.39, 0.29) is 17.8 Å². The minimum absolute atomic E-state index is 0.0135. The van der Waals surface area contributed by atoms with Crippen LogP contribution in [-0.2, 0) is 14.3 Å². The lowest BCUT2D eigenvalue weighted by Gasteiger charge is -2.34. The summed E-state index contributed by atoms with van der Waals surface area (Å²) in [5.74, 6) is 0.248. The van der Waals surface area contributed by atoms with E-state index in [1.54, 1.807) is 4.90 Å². The van der Waals surface area contributed by atoms with Crippen LogP contribution in [0.3, 0.4) is 0 Å². The second-order valence-corrected chi connectivity index (χ2v) is 6.72. The molecule has 5 heteroatoms. The Labute approximate surface area is 133 Å². The Kier molecular flexibility index (Phi) is 6.68. The molecule has 2 aliphatic rings. The van der Waals surface area contributed by atoms with Crippen LogP contribution in [0.5, 0.6) is 0 Å². The lowest BCUT2D eigenvalue weighted by atomic mass is 9.84. The maximum absolute atomic E-state index is 12.5. The van der Waals surface area contributed by atoms with Crippen LogP contribution in [0.1, 0.15) is 58.3 Å². The van der Waals surface area contributed by atoms with Crippen molar-refractivity contribution < 1.29 is 14.3 Å². The summed E-state index contributed by atoms with van der Waals surface area (Å²) >= 11 is 0. The van der Waals surface area contributed by atoms with E-state index in [0.29, 0.717) is 25.6 Å². The number of nitrogens with zero attached hydrogens (tertiary/aromatic N) is 1. The van der Waals surface area contributed by atoms with E-state index in [2.05, 4.69) is 0 Å². The van der Waals surface area contributed by atoms with Gasteiger partial charge >= 0.3 is 5.97 Å². The number of amides is 1. The zero-order chi connectivity index (χ0) is 15.9. The maximum Gasteiger partial charge on any atom is 0.310 e. The molecule has 1 aliphatic carbocycles. The standard InChI is InChI=1S/C17H30N2O3/c1-2-22-17(21)14-9-6-10-19(12-14)16(20)15(18)11-13-7-4-3-5-8-13/h13-15H,2-12,18H2,1H3. The number of carbonyl (C=O) groups excluding carboxylic acids is 2. The number of hydrogen-bond donors (Lipinski definition) is 1. The van der Waals surface area contributed by atoms with Gasteiger partial charge in [-0.15, -0.1) is 0 Å². The molecule has 0 aromatic rings.